The SMILES string of the molecule is Cc1cc(C)n(CC(C)CNC(=O)/C=C/c2cccc(C(F)(F)F)c2)n1. The lowest BCUT2D eigenvalue weighted by molar-refractivity contribution is -0.137. The summed E-state index contributed by atoms with van der Waals surface area (Å²) in [5, 5.41) is 7.13. The highest BCUT2D eigenvalue weighted by atomic mass is 19.4. The molecule has 1 atom stereocenters. The number of hydrogen-bond acceptors (Lipinski definition) is 2. The molecular formula is C19H22F3N3O. The summed E-state index contributed by atoms with van der Waals surface area (Å²) in [5.41, 5.74) is 1.59. The van der Waals surface area contributed by atoms with E-state index in [1.807, 2.05) is 31.5 Å². The maximum Gasteiger partial charge on any atom is 0.416 e. The molecule has 0 saturated carbocycles. The molecule has 4 nitrogen and oxygen atoms in total. The Morgan fingerprint density at radius 3 is 2.65 bits per heavy atom. The standard InChI is InChI=1S/C19H22F3N3O/c1-13(12-25-15(3)9-14(2)24-25)11-23-18(26)8-7-16-5-4-6-17(10-16)19(20,21)22/h4-10,13H,11-12H2,1-3H3,(H,23,26)/b8-7+. The van der Waals surface area contributed by atoms with Gasteiger partial charge in [-0.1, -0.05) is 19.1 Å². The van der Waals surface area contributed by atoms with E-state index in [1.165, 1.54) is 24.3 Å². The first-order valence-corrected chi connectivity index (χ1v) is 8.29. The van der Waals surface area contributed by atoms with Gasteiger partial charge in [-0.05, 0) is 49.6 Å². The van der Waals surface area contributed by atoms with Crippen LogP contribution in [0.2, 0.25) is 0 Å². The van der Waals surface area contributed by atoms with Crippen molar-refractivity contribution >= 4 is 12.0 Å². The van der Waals surface area contributed by atoms with Gasteiger partial charge in [0, 0.05) is 24.9 Å². The van der Waals surface area contributed by atoms with E-state index in [0.29, 0.717) is 18.7 Å². The fraction of sp³-hybridized carbons (Fsp3) is 0.368. The zero-order chi connectivity index (χ0) is 19.3. The van der Waals surface area contributed by atoms with Crippen LogP contribution in [0.1, 0.15) is 29.4 Å². The largest absolute Gasteiger partial charge is 0.416 e. The van der Waals surface area contributed by atoms with Crippen molar-refractivity contribution in [1.82, 2.24) is 15.1 Å². The van der Waals surface area contributed by atoms with Crippen LogP contribution in [0.25, 0.3) is 6.08 Å². The Balaban J connectivity index is 1.86. The summed E-state index contributed by atoms with van der Waals surface area (Å²) < 4.78 is 39.9. The lowest BCUT2D eigenvalue weighted by Crippen LogP contribution is -2.29. The van der Waals surface area contributed by atoms with Gasteiger partial charge in [0.2, 0.25) is 5.91 Å². The van der Waals surface area contributed by atoms with Crippen LogP contribution in [0.5, 0.6) is 0 Å². The van der Waals surface area contributed by atoms with Crippen LogP contribution in [0, 0.1) is 19.8 Å². The molecule has 2 rings (SSSR count). The van der Waals surface area contributed by atoms with Crippen molar-refractivity contribution in [2.75, 3.05) is 6.54 Å². The van der Waals surface area contributed by atoms with Gasteiger partial charge >= 0.3 is 6.18 Å². The number of carbonyl (C=O) groups excluding carboxylic acids is 1. The monoisotopic (exact) mass is 365 g/mol. The number of halogens is 3. The van der Waals surface area contributed by atoms with Gasteiger partial charge in [-0.3, -0.25) is 9.48 Å². The van der Waals surface area contributed by atoms with Crippen molar-refractivity contribution in [3.8, 4) is 0 Å². The third-order valence-corrected chi connectivity index (χ3v) is 3.85. The van der Waals surface area contributed by atoms with Crippen molar-refractivity contribution in [2.45, 2.75) is 33.5 Å². The number of benzene rings is 1. The Hall–Kier alpha value is -2.57. The molecule has 1 heterocycles. The zero-order valence-electron chi connectivity index (χ0n) is 15.0. The van der Waals surface area contributed by atoms with Crippen molar-refractivity contribution in [3.05, 3.63) is 58.9 Å². The second-order valence-corrected chi connectivity index (χ2v) is 6.42. The maximum atomic E-state index is 12.7. The first-order chi connectivity index (χ1) is 12.1. The molecule has 0 bridgehead atoms. The van der Waals surface area contributed by atoms with Gasteiger partial charge in [-0.2, -0.15) is 18.3 Å². The van der Waals surface area contributed by atoms with E-state index in [0.717, 1.165) is 23.5 Å². The number of aromatic nitrogens is 2. The second-order valence-electron chi connectivity index (χ2n) is 6.42. The first kappa shape index (κ1) is 19.8. The quantitative estimate of drug-likeness (QED) is 0.787. The van der Waals surface area contributed by atoms with Crippen molar-refractivity contribution in [1.29, 1.82) is 0 Å². The van der Waals surface area contributed by atoms with E-state index in [4.69, 9.17) is 0 Å². The van der Waals surface area contributed by atoms with E-state index in [1.54, 1.807) is 0 Å². The molecule has 0 saturated heterocycles. The van der Waals surface area contributed by atoms with E-state index in [2.05, 4.69) is 10.4 Å². The molecule has 140 valence electrons. The molecule has 2 aromatic rings. The number of rotatable bonds is 6. The van der Waals surface area contributed by atoms with Crippen molar-refractivity contribution in [2.24, 2.45) is 5.92 Å². The van der Waals surface area contributed by atoms with Crippen LogP contribution in [-0.4, -0.2) is 22.2 Å². The van der Waals surface area contributed by atoms with Gasteiger partial charge in [0.1, 0.15) is 0 Å². The molecule has 0 aliphatic carbocycles. The zero-order valence-corrected chi connectivity index (χ0v) is 15.0. The number of nitrogens with one attached hydrogen (secondary N) is 1. The van der Waals surface area contributed by atoms with Gasteiger partial charge in [0.25, 0.3) is 0 Å². The lowest BCUT2D eigenvalue weighted by atomic mass is 10.1. The fourth-order valence-corrected chi connectivity index (χ4v) is 2.54. The molecule has 1 amide bonds. The Morgan fingerprint density at radius 2 is 2.04 bits per heavy atom. The number of hydrogen-bond donors (Lipinski definition) is 1. The van der Waals surface area contributed by atoms with Gasteiger partial charge in [-0.15, -0.1) is 0 Å². The lowest BCUT2D eigenvalue weighted by Gasteiger charge is -2.13. The van der Waals surface area contributed by atoms with Crippen LogP contribution in [0.3, 0.4) is 0 Å². The Labute approximate surface area is 150 Å². The number of amides is 1. The number of aryl methyl sites for hydroxylation is 2. The minimum absolute atomic E-state index is 0.166. The highest BCUT2D eigenvalue weighted by molar-refractivity contribution is 5.91. The summed E-state index contributed by atoms with van der Waals surface area (Å²) in [6, 6.07) is 6.83. The summed E-state index contributed by atoms with van der Waals surface area (Å²) in [6.45, 7) is 7.02. The highest BCUT2D eigenvalue weighted by Gasteiger charge is 2.30. The molecule has 1 unspecified atom stereocenters. The third-order valence-electron chi connectivity index (χ3n) is 3.85. The van der Waals surface area contributed by atoms with Gasteiger partial charge in [0.15, 0.2) is 0 Å². The molecule has 0 aliphatic heterocycles. The minimum atomic E-state index is -4.40. The maximum absolute atomic E-state index is 12.7. The van der Waals surface area contributed by atoms with Crippen LogP contribution in [0.4, 0.5) is 13.2 Å². The van der Waals surface area contributed by atoms with Crippen LogP contribution < -0.4 is 5.32 Å². The second kappa shape index (κ2) is 8.21. The van der Waals surface area contributed by atoms with E-state index in [9.17, 15) is 18.0 Å². The molecule has 1 aromatic carbocycles. The summed E-state index contributed by atoms with van der Waals surface area (Å²) in [5.74, 6) is -0.179. The average Bonchev–Trinajstić information content (AvgIpc) is 2.88. The van der Waals surface area contributed by atoms with Gasteiger partial charge in [0.05, 0.1) is 11.3 Å². The minimum Gasteiger partial charge on any atom is -0.352 e. The summed E-state index contributed by atoms with van der Waals surface area (Å²) >= 11 is 0. The molecule has 0 aliphatic rings. The van der Waals surface area contributed by atoms with E-state index in [-0.39, 0.29) is 11.8 Å². The predicted molar refractivity (Wildman–Crippen MR) is 94.4 cm³/mol. The summed E-state index contributed by atoms with van der Waals surface area (Å²) in [7, 11) is 0. The first-order valence-electron chi connectivity index (χ1n) is 8.29. The Kier molecular flexibility index (Phi) is 6.23. The summed E-state index contributed by atoms with van der Waals surface area (Å²) in [6.07, 6.45) is -1.79. The Morgan fingerprint density at radius 1 is 1.31 bits per heavy atom. The van der Waals surface area contributed by atoms with Gasteiger partial charge in [-0.25, -0.2) is 0 Å². The van der Waals surface area contributed by atoms with E-state index < -0.39 is 11.7 Å². The van der Waals surface area contributed by atoms with Crippen molar-refractivity contribution in [3.63, 3.8) is 0 Å². The average molecular weight is 365 g/mol. The van der Waals surface area contributed by atoms with Crippen LogP contribution >= 0.6 is 0 Å². The van der Waals surface area contributed by atoms with Crippen LogP contribution in [-0.2, 0) is 17.5 Å². The van der Waals surface area contributed by atoms with Crippen molar-refractivity contribution < 1.29 is 18.0 Å². The molecular weight excluding hydrogens is 343 g/mol. The van der Waals surface area contributed by atoms with E-state index >= 15 is 0 Å². The Bertz CT molecular complexity index is 794. The molecule has 0 spiro atoms. The fourth-order valence-electron chi connectivity index (χ4n) is 2.54. The molecule has 1 aromatic heterocycles. The molecule has 0 fully saturated rings. The molecule has 1 N–H and O–H groups in total. The third kappa shape index (κ3) is 5.75. The normalized spacial score (nSPS) is 13.2. The predicted octanol–water partition coefficient (Wildman–Crippen LogP) is 3.98. The number of alkyl halides is 3. The topological polar surface area (TPSA) is 46.9 Å². The summed E-state index contributed by atoms with van der Waals surface area (Å²) in [4.78, 5) is 11.9. The molecule has 0 radical (unpaired) electrons. The highest BCUT2D eigenvalue weighted by Crippen LogP contribution is 2.29. The molecule has 7 heteroatoms. The van der Waals surface area contributed by atoms with Gasteiger partial charge < -0.3 is 5.32 Å². The van der Waals surface area contributed by atoms with Crippen LogP contribution in [0.15, 0.2) is 36.4 Å². The number of nitrogens with zero attached hydrogens (tertiary/aromatic N) is 2. The molecule has 26 heavy (non-hydrogen) atoms. The number of carbonyl (C=O) groups is 1. The smallest absolute Gasteiger partial charge is 0.352 e.